The summed E-state index contributed by atoms with van der Waals surface area (Å²) in [6, 6.07) is 59.7. The molecule has 8 aromatic rings. The largest absolute Gasteiger partial charge is 0.311 e. The minimum absolute atomic E-state index is 0.0439. The van der Waals surface area contributed by atoms with Gasteiger partial charge in [-0.2, -0.15) is 0 Å². The highest BCUT2D eigenvalue weighted by molar-refractivity contribution is 7.33. The molecule has 0 amide bonds. The molecule has 0 atom stereocenters. The number of thiophene rings is 1. The minimum atomic E-state index is 0.0439. The van der Waals surface area contributed by atoms with Crippen molar-refractivity contribution in [2.45, 2.75) is 84.5 Å². The van der Waals surface area contributed by atoms with Gasteiger partial charge in [0.05, 0.1) is 11.4 Å². The molecule has 0 spiro atoms. The molecule has 0 fully saturated rings. The topological polar surface area (TPSA) is 9.72 Å². The van der Waals surface area contributed by atoms with Crippen LogP contribution in [0.15, 0.2) is 158 Å². The second kappa shape index (κ2) is 14.0. The number of anilines is 9. The SMILES string of the molecule is Cc1ccc2c(c1)B1c3sc4ccccc4c3N(c3ccc4c(c3)C(C)(C)CCC4(C)C)c3cc(N(c4ccccc4)c4ccccc4)cc(c31)N2c1ccc(C(C)(C)C)cc1. The Balaban J connectivity index is 1.27. The maximum absolute atomic E-state index is 2.65. The molecule has 3 nitrogen and oxygen atoms in total. The number of hydrogen-bond acceptors (Lipinski definition) is 4. The lowest BCUT2D eigenvalue weighted by molar-refractivity contribution is 0.332. The lowest BCUT2D eigenvalue weighted by Gasteiger charge is -2.45. The van der Waals surface area contributed by atoms with E-state index in [9.17, 15) is 0 Å². The van der Waals surface area contributed by atoms with Crippen molar-refractivity contribution in [2.75, 3.05) is 14.7 Å². The van der Waals surface area contributed by atoms with E-state index in [0.29, 0.717) is 0 Å². The summed E-state index contributed by atoms with van der Waals surface area (Å²) in [7, 11) is 0. The van der Waals surface area contributed by atoms with Gasteiger partial charge in [-0.25, -0.2) is 0 Å². The number of hydrogen-bond donors (Lipinski definition) is 0. The molecular formula is C57H54BN3S. The predicted octanol–water partition coefficient (Wildman–Crippen LogP) is 14.4. The van der Waals surface area contributed by atoms with E-state index in [1.807, 2.05) is 11.3 Å². The van der Waals surface area contributed by atoms with E-state index < -0.39 is 0 Å². The van der Waals surface area contributed by atoms with Crippen molar-refractivity contribution in [1.29, 1.82) is 0 Å². The fourth-order valence-electron chi connectivity index (χ4n) is 10.6. The molecule has 1 aromatic heterocycles. The van der Waals surface area contributed by atoms with E-state index in [2.05, 4.69) is 228 Å². The zero-order valence-corrected chi connectivity index (χ0v) is 38.1. The molecule has 11 rings (SSSR count). The monoisotopic (exact) mass is 823 g/mol. The molecule has 0 N–H and O–H groups in total. The summed E-state index contributed by atoms with van der Waals surface area (Å²) in [5.74, 6) is 0. The summed E-state index contributed by atoms with van der Waals surface area (Å²) >= 11 is 1.97. The minimum Gasteiger partial charge on any atom is -0.311 e. The van der Waals surface area contributed by atoms with Crippen LogP contribution in [-0.2, 0) is 16.2 Å². The zero-order chi connectivity index (χ0) is 42.7. The third kappa shape index (κ3) is 6.07. The molecular weight excluding hydrogens is 770 g/mol. The van der Waals surface area contributed by atoms with Gasteiger partial charge in [0, 0.05) is 54.7 Å². The Bertz CT molecular complexity index is 2990. The second-order valence-corrected chi connectivity index (χ2v) is 21.3. The average Bonchev–Trinajstić information content (AvgIpc) is 3.65. The number of benzene rings is 7. The van der Waals surface area contributed by atoms with Crippen molar-refractivity contribution < 1.29 is 0 Å². The van der Waals surface area contributed by atoms with Gasteiger partial charge in [-0.15, -0.1) is 11.3 Å². The number of rotatable bonds is 5. The molecule has 5 heteroatoms. The van der Waals surface area contributed by atoms with Gasteiger partial charge in [0.2, 0.25) is 0 Å². The third-order valence-corrected chi connectivity index (χ3v) is 15.3. The highest BCUT2D eigenvalue weighted by Gasteiger charge is 2.46. The maximum atomic E-state index is 2.65. The maximum Gasteiger partial charge on any atom is 0.264 e. The smallest absolute Gasteiger partial charge is 0.264 e. The van der Waals surface area contributed by atoms with Gasteiger partial charge < -0.3 is 14.7 Å². The van der Waals surface area contributed by atoms with Gasteiger partial charge >= 0.3 is 0 Å². The van der Waals surface area contributed by atoms with Gasteiger partial charge in [-0.3, -0.25) is 0 Å². The van der Waals surface area contributed by atoms with E-state index in [0.717, 1.165) is 23.5 Å². The van der Waals surface area contributed by atoms with Crippen LogP contribution in [0.1, 0.15) is 83.6 Å². The van der Waals surface area contributed by atoms with Crippen molar-refractivity contribution in [3.63, 3.8) is 0 Å². The van der Waals surface area contributed by atoms with Crippen molar-refractivity contribution in [3.8, 4) is 0 Å². The number of aryl methyl sites for hydroxylation is 1. The van der Waals surface area contributed by atoms with E-state index in [4.69, 9.17) is 0 Å². The molecule has 0 radical (unpaired) electrons. The van der Waals surface area contributed by atoms with Crippen LogP contribution in [0.5, 0.6) is 0 Å². The van der Waals surface area contributed by atoms with Crippen molar-refractivity contribution >= 4 is 95.0 Å². The second-order valence-electron chi connectivity index (χ2n) is 20.2. The molecule has 2 aliphatic heterocycles. The molecule has 0 saturated carbocycles. The quantitative estimate of drug-likeness (QED) is 0.160. The molecule has 7 aromatic carbocycles. The Labute approximate surface area is 372 Å². The van der Waals surface area contributed by atoms with Crippen molar-refractivity contribution in [3.05, 3.63) is 180 Å². The standard InChI is InChI=1S/C57H54BN3S/c1-37-23-30-48-47(33-37)58-52-49(60(48)41-26-24-38(25-27-41)55(2,3)4)35-43(59(39-17-11-9-12-18-39)40-19-13-10-14-20-40)36-50(52)61(53-44-21-15-16-22-51(44)62-54(53)58)42-28-29-45-46(34-42)57(7,8)32-31-56(45,5)6/h9-30,33-36H,31-32H2,1-8H3. The first kappa shape index (κ1) is 38.9. The Morgan fingerprint density at radius 1 is 0.565 bits per heavy atom. The molecule has 0 bridgehead atoms. The molecule has 1 aliphatic carbocycles. The van der Waals surface area contributed by atoms with Crippen LogP contribution in [-0.4, -0.2) is 6.71 Å². The first-order valence-electron chi connectivity index (χ1n) is 22.3. The number of para-hydroxylation sites is 2. The summed E-state index contributed by atoms with van der Waals surface area (Å²) in [6.45, 7) is 19.0. The third-order valence-electron chi connectivity index (χ3n) is 14.1. The highest BCUT2D eigenvalue weighted by Crippen LogP contribution is 2.53. The van der Waals surface area contributed by atoms with Gasteiger partial charge in [0.25, 0.3) is 6.71 Å². The van der Waals surface area contributed by atoms with Crippen LogP contribution in [0.25, 0.3) is 10.1 Å². The van der Waals surface area contributed by atoms with Crippen LogP contribution in [0, 0.1) is 6.92 Å². The Hall–Kier alpha value is -6.04. The van der Waals surface area contributed by atoms with Crippen LogP contribution in [0.3, 0.4) is 0 Å². The van der Waals surface area contributed by atoms with E-state index in [1.165, 1.54) is 88.6 Å². The van der Waals surface area contributed by atoms with Crippen molar-refractivity contribution in [2.24, 2.45) is 0 Å². The Morgan fingerprint density at radius 3 is 1.82 bits per heavy atom. The van der Waals surface area contributed by atoms with E-state index in [-0.39, 0.29) is 23.0 Å². The fourth-order valence-corrected chi connectivity index (χ4v) is 12.0. The molecule has 0 unspecified atom stereocenters. The first-order chi connectivity index (χ1) is 29.8. The van der Waals surface area contributed by atoms with Crippen LogP contribution >= 0.6 is 11.3 Å². The Morgan fingerprint density at radius 2 is 1.16 bits per heavy atom. The molecule has 3 heterocycles. The van der Waals surface area contributed by atoms with Gasteiger partial charge in [-0.1, -0.05) is 139 Å². The summed E-state index contributed by atoms with van der Waals surface area (Å²) in [4.78, 5) is 7.65. The summed E-state index contributed by atoms with van der Waals surface area (Å²) < 4.78 is 2.73. The summed E-state index contributed by atoms with van der Waals surface area (Å²) in [5, 5.41) is 1.31. The predicted molar refractivity (Wildman–Crippen MR) is 269 cm³/mol. The zero-order valence-electron chi connectivity index (χ0n) is 37.3. The summed E-state index contributed by atoms with van der Waals surface area (Å²) in [5.41, 5.74) is 19.2. The van der Waals surface area contributed by atoms with Gasteiger partial charge in [-0.05, 0) is 136 Å². The number of nitrogens with zero attached hydrogens (tertiary/aromatic N) is 3. The average molecular weight is 824 g/mol. The molecule has 62 heavy (non-hydrogen) atoms. The first-order valence-corrected chi connectivity index (χ1v) is 23.2. The van der Waals surface area contributed by atoms with Crippen LogP contribution < -0.4 is 30.4 Å². The fraction of sp³-hybridized carbons (Fsp3) is 0.228. The normalized spacial score (nSPS) is 15.8. The van der Waals surface area contributed by atoms with Gasteiger partial charge in [0.1, 0.15) is 0 Å². The molecule has 306 valence electrons. The van der Waals surface area contributed by atoms with Crippen molar-refractivity contribution in [1.82, 2.24) is 0 Å². The lowest BCUT2D eigenvalue weighted by Crippen LogP contribution is -2.60. The van der Waals surface area contributed by atoms with E-state index >= 15 is 0 Å². The lowest BCUT2D eigenvalue weighted by atomic mass is 9.36. The Kier molecular flexibility index (Phi) is 8.77. The molecule has 3 aliphatic rings. The summed E-state index contributed by atoms with van der Waals surface area (Å²) in [6.07, 6.45) is 2.35. The van der Waals surface area contributed by atoms with Crippen LogP contribution in [0.4, 0.5) is 51.2 Å². The number of fused-ring (bicyclic) bond motifs is 7. The van der Waals surface area contributed by atoms with Crippen LogP contribution in [0.2, 0.25) is 0 Å². The molecule has 0 saturated heterocycles. The van der Waals surface area contributed by atoms with E-state index in [1.54, 1.807) is 0 Å². The highest BCUT2D eigenvalue weighted by atomic mass is 32.1. The van der Waals surface area contributed by atoms with Gasteiger partial charge in [0.15, 0.2) is 0 Å².